The largest absolute Gasteiger partial charge is 0.0654 e. The highest BCUT2D eigenvalue weighted by atomic mass is 14.2. The summed E-state index contributed by atoms with van der Waals surface area (Å²) >= 11 is 0. The molecular formula is C68H60. The number of unbranched alkanes of at least 4 members (excludes halogenated alkanes) is 4. The van der Waals surface area contributed by atoms with Crippen LogP contribution in [0.1, 0.15) is 80.2 Å². The Balaban J connectivity index is 1.09. The van der Waals surface area contributed by atoms with Crippen molar-refractivity contribution in [3.63, 3.8) is 0 Å². The molecule has 0 aromatic heterocycles. The zero-order valence-electron chi connectivity index (χ0n) is 39.6. The van der Waals surface area contributed by atoms with Gasteiger partial charge in [-0.3, -0.25) is 0 Å². The molecule has 10 rings (SSSR count). The van der Waals surface area contributed by atoms with Crippen LogP contribution in [0.2, 0.25) is 0 Å². The zero-order chi connectivity index (χ0) is 46.1. The molecule has 0 amide bonds. The molecule has 0 radical (unpaired) electrons. The van der Waals surface area contributed by atoms with Gasteiger partial charge >= 0.3 is 0 Å². The molecule has 0 fully saturated rings. The van der Waals surface area contributed by atoms with Gasteiger partial charge < -0.3 is 0 Å². The van der Waals surface area contributed by atoms with Gasteiger partial charge in [0, 0.05) is 0 Å². The number of rotatable bonds is 16. The van der Waals surface area contributed by atoms with E-state index in [0.29, 0.717) is 0 Å². The molecule has 0 saturated carbocycles. The lowest BCUT2D eigenvalue weighted by atomic mass is 9.83. The lowest BCUT2D eigenvalue weighted by Crippen LogP contribution is -1.94. The van der Waals surface area contributed by atoms with Crippen molar-refractivity contribution >= 4 is 33.2 Å². The summed E-state index contributed by atoms with van der Waals surface area (Å²) in [7, 11) is 0. The van der Waals surface area contributed by atoms with Crippen LogP contribution in [-0.2, 0) is 12.8 Å². The van der Waals surface area contributed by atoms with Crippen molar-refractivity contribution in [3.05, 3.63) is 252 Å². The summed E-state index contributed by atoms with van der Waals surface area (Å²) in [5.74, 6) is 0. The number of fused-ring (bicyclic) bond motifs is 2. The van der Waals surface area contributed by atoms with E-state index in [1.54, 1.807) is 0 Å². The Hall–Kier alpha value is -7.54. The third kappa shape index (κ3) is 9.65. The molecule has 332 valence electrons. The SMILES string of the molecule is CCCCCc1ccc(-c2cc(-c3ccc(CCCCC)cc3)cc(-c3ccccc3-c3c4ccccc4c(-c4ccc(C=C(c5ccccc5)c5ccccc5)cc4)c4ccccc34)c2)cc1. The predicted molar refractivity (Wildman–Crippen MR) is 295 cm³/mol. The minimum absolute atomic E-state index is 1.13. The summed E-state index contributed by atoms with van der Waals surface area (Å²) in [6.45, 7) is 4.55. The maximum atomic E-state index is 2.42. The molecular weight excluding hydrogens is 817 g/mol. The average molecular weight is 877 g/mol. The van der Waals surface area contributed by atoms with Crippen LogP contribution in [0.3, 0.4) is 0 Å². The summed E-state index contributed by atoms with van der Waals surface area (Å²) in [5, 5.41) is 5.01. The molecule has 68 heavy (non-hydrogen) atoms. The van der Waals surface area contributed by atoms with Crippen LogP contribution < -0.4 is 0 Å². The molecule has 0 aliphatic carbocycles. The van der Waals surface area contributed by atoms with E-state index in [4.69, 9.17) is 0 Å². The molecule has 0 unspecified atom stereocenters. The Morgan fingerprint density at radius 3 is 1.19 bits per heavy atom. The van der Waals surface area contributed by atoms with Crippen molar-refractivity contribution in [2.24, 2.45) is 0 Å². The van der Waals surface area contributed by atoms with Crippen molar-refractivity contribution in [1.29, 1.82) is 0 Å². The second-order valence-electron chi connectivity index (χ2n) is 18.4. The number of aryl methyl sites for hydroxylation is 2. The average Bonchev–Trinajstić information content (AvgIpc) is 3.40. The molecule has 0 heterocycles. The van der Waals surface area contributed by atoms with Gasteiger partial charge in [0.05, 0.1) is 0 Å². The highest BCUT2D eigenvalue weighted by Crippen LogP contribution is 2.47. The summed E-state index contributed by atoms with van der Waals surface area (Å²) in [6.07, 6.45) is 12.1. The molecule has 0 spiro atoms. The monoisotopic (exact) mass is 876 g/mol. The predicted octanol–water partition coefficient (Wildman–Crippen LogP) is 19.4. The molecule has 0 aliphatic heterocycles. The van der Waals surface area contributed by atoms with Gasteiger partial charge in [-0.2, -0.15) is 0 Å². The maximum Gasteiger partial charge on any atom is -0.00201 e. The first-order valence-corrected chi connectivity index (χ1v) is 24.9. The van der Waals surface area contributed by atoms with Gasteiger partial charge in [-0.15, -0.1) is 0 Å². The van der Waals surface area contributed by atoms with Gasteiger partial charge in [0.1, 0.15) is 0 Å². The van der Waals surface area contributed by atoms with Crippen molar-refractivity contribution in [1.82, 2.24) is 0 Å². The molecule has 0 atom stereocenters. The Morgan fingerprint density at radius 1 is 0.324 bits per heavy atom. The van der Waals surface area contributed by atoms with Crippen LogP contribution in [0.5, 0.6) is 0 Å². The highest BCUT2D eigenvalue weighted by molar-refractivity contribution is 6.22. The quantitative estimate of drug-likeness (QED) is 0.0515. The van der Waals surface area contributed by atoms with Crippen LogP contribution in [0.15, 0.2) is 224 Å². The minimum atomic E-state index is 1.13. The first-order valence-electron chi connectivity index (χ1n) is 24.9. The van der Waals surface area contributed by atoms with Crippen LogP contribution >= 0.6 is 0 Å². The smallest absolute Gasteiger partial charge is 0.00201 e. The van der Waals surface area contributed by atoms with Crippen LogP contribution in [0.4, 0.5) is 0 Å². The fraction of sp³-hybridized carbons (Fsp3) is 0.147. The van der Waals surface area contributed by atoms with Crippen LogP contribution in [-0.4, -0.2) is 0 Å². The fourth-order valence-corrected chi connectivity index (χ4v) is 10.2. The minimum Gasteiger partial charge on any atom is -0.0654 e. The molecule has 0 aliphatic rings. The Kier molecular flexibility index (Phi) is 13.7. The molecule has 10 aromatic rings. The van der Waals surface area contributed by atoms with Gasteiger partial charge in [0.15, 0.2) is 0 Å². The molecule has 0 nitrogen and oxygen atoms in total. The Morgan fingerprint density at radius 2 is 0.721 bits per heavy atom. The van der Waals surface area contributed by atoms with Crippen molar-refractivity contribution in [3.8, 4) is 55.6 Å². The lowest BCUT2D eigenvalue weighted by Gasteiger charge is -2.20. The maximum absolute atomic E-state index is 2.42. The molecule has 0 heteroatoms. The molecule has 10 aromatic carbocycles. The Labute approximate surface area is 404 Å². The van der Waals surface area contributed by atoms with Crippen LogP contribution in [0, 0.1) is 0 Å². The third-order valence-electron chi connectivity index (χ3n) is 13.8. The van der Waals surface area contributed by atoms with E-state index < -0.39 is 0 Å². The summed E-state index contributed by atoms with van der Waals surface area (Å²) in [5.41, 5.74) is 20.0. The molecule has 0 bridgehead atoms. The van der Waals surface area contributed by atoms with E-state index in [9.17, 15) is 0 Å². The standard InChI is InChI=1S/C68H60/c1-3-5-9-21-49-33-39-52(40-34-49)57-46-58(53-41-35-50(36-42-53)22-10-6-4-2)48-59(47-57)60-27-15-16-28-61(60)68-64-31-19-17-29-62(64)67(63-30-18-20-32-65(63)68)56-43-37-51(38-44-56)45-66(54-23-11-7-12-24-54)55-25-13-8-14-26-55/h7-8,11-20,23-48H,3-6,9-10,21-22H2,1-2H3. The van der Waals surface area contributed by atoms with Gasteiger partial charge in [0.25, 0.3) is 0 Å². The number of hydrogen-bond acceptors (Lipinski definition) is 0. The topological polar surface area (TPSA) is 0 Å². The Bertz CT molecular complexity index is 3130. The van der Waals surface area contributed by atoms with E-state index in [2.05, 4.69) is 244 Å². The number of hydrogen-bond donors (Lipinski definition) is 0. The van der Waals surface area contributed by atoms with E-state index in [-0.39, 0.29) is 0 Å². The summed E-state index contributed by atoms with van der Waals surface area (Å²) in [6, 6.07) is 83.7. The van der Waals surface area contributed by atoms with E-state index in [1.165, 1.54) is 149 Å². The van der Waals surface area contributed by atoms with E-state index in [1.807, 2.05) is 0 Å². The van der Waals surface area contributed by atoms with Crippen molar-refractivity contribution in [2.75, 3.05) is 0 Å². The fourth-order valence-electron chi connectivity index (χ4n) is 10.2. The first-order chi connectivity index (χ1) is 33.6. The van der Waals surface area contributed by atoms with Gasteiger partial charge in [-0.1, -0.05) is 246 Å². The molecule has 0 saturated heterocycles. The van der Waals surface area contributed by atoms with Gasteiger partial charge in [-0.25, -0.2) is 0 Å². The summed E-state index contributed by atoms with van der Waals surface area (Å²) in [4.78, 5) is 0. The van der Waals surface area contributed by atoms with Gasteiger partial charge in [0.2, 0.25) is 0 Å². The van der Waals surface area contributed by atoms with Crippen molar-refractivity contribution < 1.29 is 0 Å². The molecule has 0 N–H and O–H groups in total. The highest BCUT2D eigenvalue weighted by Gasteiger charge is 2.20. The first kappa shape index (κ1) is 44.3. The lowest BCUT2D eigenvalue weighted by molar-refractivity contribution is 0.717. The third-order valence-corrected chi connectivity index (χ3v) is 13.8. The van der Waals surface area contributed by atoms with E-state index in [0.717, 1.165) is 12.8 Å². The van der Waals surface area contributed by atoms with Crippen LogP contribution in [0.25, 0.3) is 88.8 Å². The van der Waals surface area contributed by atoms with Crippen molar-refractivity contribution in [2.45, 2.75) is 65.2 Å². The second kappa shape index (κ2) is 21.0. The number of benzene rings is 10. The summed E-state index contributed by atoms with van der Waals surface area (Å²) < 4.78 is 0. The normalized spacial score (nSPS) is 11.3. The second-order valence-corrected chi connectivity index (χ2v) is 18.4. The van der Waals surface area contributed by atoms with E-state index >= 15 is 0 Å². The zero-order valence-corrected chi connectivity index (χ0v) is 39.6. The van der Waals surface area contributed by atoms with Gasteiger partial charge in [-0.05, 0) is 161 Å².